The molecule has 1 aliphatic rings. The normalized spacial score (nSPS) is 21.2. The molecule has 0 spiro atoms. The van der Waals surface area contributed by atoms with E-state index >= 15 is 0 Å². The summed E-state index contributed by atoms with van der Waals surface area (Å²) in [5, 5.41) is 3.67. The van der Waals surface area contributed by atoms with Crippen LogP contribution in [0.25, 0.3) is 0 Å². The summed E-state index contributed by atoms with van der Waals surface area (Å²) in [6, 6.07) is 15.2. The number of ether oxygens (including phenoxy) is 1. The molecule has 25 heavy (non-hydrogen) atoms. The highest BCUT2D eigenvalue weighted by Gasteiger charge is 2.41. The van der Waals surface area contributed by atoms with Gasteiger partial charge in [0.15, 0.2) is 9.84 Å². The maximum atomic E-state index is 13.2. The molecule has 0 amide bonds. The van der Waals surface area contributed by atoms with Gasteiger partial charge in [-0.3, -0.25) is 5.32 Å². The van der Waals surface area contributed by atoms with Gasteiger partial charge < -0.3 is 4.74 Å². The summed E-state index contributed by atoms with van der Waals surface area (Å²) < 4.78 is 31.6. The van der Waals surface area contributed by atoms with Gasteiger partial charge in [-0.05, 0) is 36.1 Å². The van der Waals surface area contributed by atoms with Crippen molar-refractivity contribution in [2.24, 2.45) is 0 Å². The van der Waals surface area contributed by atoms with Crippen LogP contribution in [0.1, 0.15) is 43.9 Å². The lowest BCUT2D eigenvalue weighted by atomic mass is 9.90. The Kier molecular flexibility index (Phi) is 4.89. The van der Waals surface area contributed by atoms with Crippen molar-refractivity contribution in [1.82, 2.24) is 5.32 Å². The Hall–Kier alpha value is -1.85. The van der Waals surface area contributed by atoms with E-state index in [1.807, 2.05) is 56.3 Å². The fourth-order valence-electron chi connectivity index (χ4n) is 3.58. The maximum absolute atomic E-state index is 13.2. The van der Waals surface area contributed by atoms with E-state index in [-0.39, 0.29) is 11.8 Å². The zero-order chi connectivity index (χ0) is 18.1. The third-order valence-corrected chi connectivity index (χ3v) is 7.23. The number of benzene rings is 2. The van der Waals surface area contributed by atoms with Crippen molar-refractivity contribution in [2.45, 2.75) is 43.2 Å². The van der Waals surface area contributed by atoms with E-state index in [1.54, 1.807) is 13.2 Å². The minimum Gasteiger partial charge on any atom is -0.497 e. The second-order valence-electron chi connectivity index (χ2n) is 6.64. The van der Waals surface area contributed by atoms with Crippen molar-refractivity contribution in [3.05, 3.63) is 59.7 Å². The molecule has 1 heterocycles. The Morgan fingerprint density at radius 2 is 1.80 bits per heavy atom. The third-order valence-electron chi connectivity index (χ3n) is 5.27. The quantitative estimate of drug-likeness (QED) is 0.904. The van der Waals surface area contributed by atoms with Crippen LogP contribution in [-0.2, 0) is 9.84 Å². The first-order valence-electron chi connectivity index (χ1n) is 8.68. The molecule has 0 bridgehead atoms. The minimum absolute atomic E-state index is 0.0938. The van der Waals surface area contributed by atoms with E-state index in [2.05, 4.69) is 5.32 Å². The first-order chi connectivity index (χ1) is 11.9. The molecule has 0 aromatic heterocycles. The summed E-state index contributed by atoms with van der Waals surface area (Å²) in [5.74, 6) is 0.658. The first-order valence-corrected chi connectivity index (χ1v) is 10.3. The second kappa shape index (κ2) is 6.81. The number of sulfone groups is 1. The van der Waals surface area contributed by atoms with Gasteiger partial charge in [-0.1, -0.05) is 50.2 Å². The van der Waals surface area contributed by atoms with Crippen molar-refractivity contribution in [2.75, 3.05) is 12.9 Å². The van der Waals surface area contributed by atoms with Crippen molar-refractivity contribution >= 4 is 9.84 Å². The highest BCUT2D eigenvalue weighted by molar-refractivity contribution is 7.91. The molecule has 0 unspecified atom stereocenters. The molecule has 1 N–H and O–H groups in total. The number of rotatable bonds is 4. The van der Waals surface area contributed by atoms with Crippen molar-refractivity contribution in [3.8, 4) is 5.75 Å². The highest BCUT2D eigenvalue weighted by atomic mass is 32.2. The first kappa shape index (κ1) is 18.0. The monoisotopic (exact) mass is 359 g/mol. The van der Waals surface area contributed by atoms with Gasteiger partial charge in [0.05, 0.1) is 23.8 Å². The zero-order valence-corrected chi connectivity index (χ0v) is 15.8. The van der Waals surface area contributed by atoms with Crippen LogP contribution in [0.15, 0.2) is 53.4 Å². The maximum Gasteiger partial charge on any atom is 0.180 e. The SMILES string of the molecule is CCC1(CC)CS(=O)(=O)c2cc(OC)ccc2[C@@H](c2ccccc2)N1. The van der Waals surface area contributed by atoms with Crippen LogP contribution >= 0.6 is 0 Å². The molecular formula is C20H25NO3S. The van der Waals surface area contributed by atoms with Gasteiger partial charge >= 0.3 is 0 Å². The molecule has 1 aliphatic heterocycles. The Morgan fingerprint density at radius 3 is 2.40 bits per heavy atom. The fraction of sp³-hybridized carbons (Fsp3) is 0.400. The lowest BCUT2D eigenvalue weighted by Crippen LogP contribution is -2.49. The fourth-order valence-corrected chi connectivity index (χ4v) is 5.80. The summed E-state index contributed by atoms with van der Waals surface area (Å²) in [7, 11) is -1.87. The van der Waals surface area contributed by atoms with Crippen LogP contribution in [0.4, 0.5) is 0 Å². The number of hydrogen-bond acceptors (Lipinski definition) is 4. The predicted molar refractivity (Wildman–Crippen MR) is 99.8 cm³/mol. The Bertz CT molecular complexity index is 842. The van der Waals surface area contributed by atoms with Crippen LogP contribution in [0, 0.1) is 0 Å². The van der Waals surface area contributed by atoms with Crippen LogP contribution in [0.5, 0.6) is 5.75 Å². The molecule has 0 aliphatic carbocycles. The average molecular weight is 359 g/mol. The minimum atomic E-state index is -3.43. The summed E-state index contributed by atoms with van der Waals surface area (Å²) in [6.45, 7) is 4.09. The number of hydrogen-bond donors (Lipinski definition) is 1. The smallest absolute Gasteiger partial charge is 0.180 e. The lowest BCUT2D eigenvalue weighted by Gasteiger charge is -2.34. The van der Waals surface area contributed by atoms with Crippen LogP contribution in [0.3, 0.4) is 0 Å². The Morgan fingerprint density at radius 1 is 1.12 bits per heavy atom. The van der Waals surface area contributed by atoms with Crippen molar-refractivity contribution < 1.29 is 13.2 Å². The Labute approximate surface area is 150 Å². The standard InChI is InChI=1S/C20H25NO3S/c1-4-20(5-2)14-25(22,23)18-13-16(24-3)11-12-17(18)19(21-20)15-9-7-6-8-10-15/h6-13,19,21H,4-5,14H2,1-3H3/t19-/m1/s1. The topological polar surface area (TPSA) is 55.4 Å². The molecule has 0 saturated carbocycles. The van der Waals surface area contributed by atoms with Gasteiger partial charge in [-0.25, -0.2) is 8.42 Å². The van der Waals surface area contributed by atoms with E-state index in [1.165, 1.54) is 0 Å². The molecule has 2 aromatic carbocycles. The van der Waals surface area contributed by atoms with E-state index in [0.29, 0.717) is 10.6 Å². The number of fused-ring (bicyclic) bond motifs is 1. The van der Waals surface area contributed by atoms with Gasteiger partial charge in [0.25, 0.3) is 0 Å². The molecule has 4 nitrogen and oxygen atoms in total. The summed E-state index contributed by atoms with van der Waals surface area (Å²) in [6.07, 6.45) is 1.49. The number of nitrogens with one attached hydrogen (secondary N) is 1. The zero-order valence-electron chi connectivity index (χ0n) is 15.0. The van der Waals surface area contributed by atoms with Crippen LogP contribution in [0.2, 0.25) is 0 Å². The molecular weight excluding hydrogens is 334 g/mol. The van der Waals surface area contributed by atoms with Gasteiger partial charge in [0.2, 0.25) is 0 Å². The van der Waals surface area contributed by atoms with Gasteiger partial charge in [0.1, 0.15) is 5.75 Å². The molecule has 0 radical (unpaired) electrons. The van der Waals surface area contributed by atoms with Crippen molar-refractivity contribution in [1.29, 1.82) is 0 Å². The van der Waals surface area contributed by atoms with Gasteiger partial charge in [-0.15, -0.1) is 0 Å². The van der Waals surface area contributed by atoms with Gasteiger partial charge in [-0.2, -0.15) is 0 Å². The van der Waals surface area contributed by atoms with Crippen LogP contribution < -0.4 is 10.1 Å². The molecule has 2 aromatic rings. The molecule has 134 valence electrons. The van der Waals surface area contributed by atoms with E-state index in [0.717, 1.165) is 24.0 Å². The molecule has 1 atom stereocenters. The molecule has 3 rings (SSSR count). The second-order valence-corrected chi connectivity index (χ2v) is 8.60. The molecule has 5 heteroatoms. The largest absolute Gasteiger partial charge is 0.497 e. The predicted octanol–water partition coefficient (Wildman–Crippen LogP) is 3.72. The van der Waals surface area contributed by atoms with Crippen LogP contribution in [-0.4, -0.2) is 26.8 Å². The number of methoxy groups -OCH3 is 1. The van der Waals surface area contributed by atoms with E-state index in [9.17, 15) is 8.42 Å². The lowest BCUT2D eigenvalue weighted by molar-refractivity contribution is 0.313. The molecule has 0 saturated heterocycles. The van der Waals surface area contributed by atoms with Crippen molar-refractivity contribution in [3.63, 3.8) is 0 Å². The van der Waals surface area contributed by atoms with E-state index < -0.39 is 15.4 Å². The van der Waals surface area contributed by atoms with Gasteiger partial charge in [0, 0.05) is 5.54 Å². The third kappa shape index (κ3) is 3.31. The molecule has 0 fully saturated rings. The summed E-state index contributed by atoms with van der Waals surface area (Å²) >= 11 is 0. The highest BCUT2D eigenvalue weighted by Crippen LogP contribution is 2.38. The summed E-state index contributed by atoms with van der Waals surface area (Å²) in [5.41, 5.74) is 1.40. The Balaban J connectivity index is 2.26. The average Bonchev–Trinajstić information content (AvgIpc) is 2.75. The summed E-state index contributed by atoms with van der Waals surface area (Å²) in [4.78, 5) is 0.372. The van der Waals surface area contributed by atoms with E-state index in [4.69, 9.17) is 4.74 Å².